The molecule has 1 aliphatic heterocycles. The smallest absolute Gasteiger partial charge is 0.323 e. The first kappa shape index (κ1) is 25.5. The van der Waals surface area contributed by atoms with Gasteiger partial charge in [-0.05, 0) is 36.6 Å². The van der Waals surface area contributed by atoms with Crippen molar-refractivity contribution in [1.82, 2.24) is 14.8 Å². The number of hydrogen-bond donors (Lipinski definition) is 4. The molecule has 4 amide bonds. The van der Waals surface area contributed by atoms with Crippen molar-refractivity contribution < 1.29 is 39.0 Å². The number of primary amides is 1. The normalized spacial score (nSPS) is 15.2. The highest BCUT2D eigenvalue weighted by Gasteiger charge is 2.36. The molecule has 2 rings (SSSR count). The van der Waals surface area contributed by atoms with Crippen LogP contribution in [0.2, 0.25) is 0 Å². The number of carbonyl (C=O) groups excluding carboxylic acids is 4. The van der Waals surface area contributed by atoms with Crippen LogP contribution in [0.3, 0.4) is 0 Å². The van der Waals surface area contributed by atoms with Gasteiger partial charge >= 0.3 is 11.9 Å². The molecule has 1 aromatic heterocycles. The summed E-state index contributed by atoms with van der Waals surface area (Å²) in [6, 6.07) is 0. The highest BCUT2D eigenvalue weighted by Crippen LogP contribution is 2.24. The van der Waals surface area contributed by atoms with Gasteiger partial charge in [0.25, 0.3) is 23.3 Å². The zero-order valence-corrected chi connectivity index (χ0v) is 18.0. The highest BCUT2D eigenvalue weighted by atomic mass is 16.4. The van der Waals surface area contributed by atoms with Crippen LogP contribution in [-0.4, -0.2) is 62.3 Å². The largest absolute Gasteiger partial charge is 0.480 e. The summed E-state index contributed by atoms with van der Waals surface area (Å²) in [7, 11) is 0. The fourth-order valence-electron chi connectivity index (χ4n) is 3.27. The molecule has 0 unspecified atom stereocenters. The lowest BCUT2D eigenvalue weighted by Crippen LogP contribution is -2.48. The summed E-state index contributed by atoms with van der Waals surface area (Å²) in [6.45, 7) is 1.14. The summed E-state index contributed by atoms with van der Waals surface area (Å²) in [6.07, 6.45) is 5.31. The molecule has 0 atom stereocenters. The van der Waals surface area contributed by atoms with Crippen molar-refractivity contribution in [2.75, 3.05) is 6.54 Å². The summed E-state index contributed by atoms with van der Waals surface area (Å²) >= 11 is 0. The summed E-state index contributed by atoms with van der Waals surface area (Å²) in [5.41, 5.74) is 4.09. The number of aliphatic carboxylic acids is 2. The number of carbonyl (C=O) groups is 6. The van der Waals surface area contributed by atoms with Crippen molar-refractivity contribution in [3.8, 4) is 0 Å². The number of aromatic nitrogens is 1. The van der Waals surface area contributed by atoms with Gasteiger partial charge in [0.05, 0.1) is 0 Å². The van der Waals surface area contributed by atoms with Gasteiger partial charge in [0.15, 0.2) is 0 Å². The average molecular weight is 472 g/mol. The Labute approximate surface area is 191 Å². The van der Waals surface area contributed by atoms with Crippen molar-refractivity contribution in [1.29, 1.82) is 0 Å². The molecule has 5 N–H and O–H groups in total. The van der Waals surface area contributed by atoms with Crippen LogP contribution in [0.4, 0.5) is 0 Å². The molecular formula is C21H20N4O9. The van der Waals surface area contributed by atoms with Gasteiger partial charge in [-0.25, -0.2) is 0 Å². The van der Waals surface area contributed by atoms with Gasteiger partial charge in [-0.15, -0.1) is 0 Å². The van der Waals surface area contributed by atoms with Gasteiger partial charge in [0.2, 0.25) is 6.41 Å². The molecule has 2 heterocycles. The molecule has 0 fully saturated rings. The van der Waals surface area contributed by atoms with Crippen LogP contribution in [0, 0.1) is 6.92 Å². The number of rotatable bonds is 9. The van der Waals surface area contributed by atoms with Crippen LogP contribution in [0.1, 0.15) is 28.4 Å². The van der Waals surface area contributed by atoms with Gasteiger partial charge < -0.3 is 25.8 Å². The van der Waals surface area contributed by atoms with Gasteiger partial charge in [-0.1, -0.05) is 12.2 Å². The molecule has 0 aromatic carbocycles. The molecule has 0 saturated carbocycles. The van der Waals surface area contributed by atoms with E-state index in [-0.39, 0.29) is 34.4 Å². The number of imide groups is 1. The van der Waals surface area contributed by atoms with Gasteiger partial charge in [0.1, 0.15) is 24.4 Å². The maximum Gasteiger partial charge on any atom is 0.323 e. The molecule has 178 valence electrons. The quantitative estimate of drug-likeness (QED) is 0.192. The van der Waals surface area contributed by atoms with E-state index in [1.807, 2.05) is 0 Å². The van der Waals surface area contributed by atoms with Crippen molar-refractivity contribution in [3.63, 3.8) is 0 Å². The van der Waals surface area contributed by atoms with Crippen LogP contribution in [0.15, 0.2) is 40.0 Å². The third-order valence-electron chi connectivity index (χ3n) is 4.88. The summed E-state index contributed by atoms with van der Waals surface area (Å²) in [5, 5.41) is 20.2. The zero-order valence-electron chi connectivity index (χ0n) is 18.0. The van der Waals surface area contributed by atoms with E-state index in [2.05, 4.69) is 5.32 Å². The SMILES string of the molecule is CC1=C(NC=O)C(=O)N(CC(=O)O)C(=O)/C1=C\C=C\c1cn(CC(=O)O)c(=O)c(C(N)=O)c1C. The second-order valence-corrected chi connectivity index (χ2v) is 7.07. The van der Waals surface area contributed by atoms with Crippen molar-refractivity contribution in [2.24, 2.45) is 5.73 Å². The maximum atomic E-state index is 12.7. The number of hydrogen-bond acceptors (Lipinski definition) is 7. The number of nitrogens with zero attached hydrogens (tertiary/aromatic N) is 2. The Hall–Kier alpha value is -4.81. The van der Waals surface area contributed by atoms with Gasteiger partial charge in [0, 0.05) is 11.8 Å². The molecule has 13 heteroatoms. The Kier molecular flexibility index (Phi) is 7.64. The highest BCUT2D eigenvalue weighted by molar-refractivity contribution is 6.18. The third-order valence-corrected chi connectivity index (χ3v) is 4.88. The number of allylic oxidation sites excluding steroid dienone is 2. The topological polar surface area (TPSA) is 206 Å². The van der Waals surface area contributed by atoms with Crippen molar-refractivity contribution in [2.45, 2.75) is 20.4 Å². The van der Waals surface area contributed by atoms with Crippen molar-refractivity contribution >= 4 is 42.1 Å². The first-order valence-corrected chi connectivity index (χ1v) is 9.54. The lowest BCUT2D eigenvalue weighted by atomic mass is 9.97. The van der Waals surface area contributed by atoms with Crippen LogP contribution in [0.5, 0.6) is 0 Å². The molecule has 0 saturated heterocycles. The van der Waals surface area contributed by atoms with Crippen LogP contribution in [0.25, 0.3) is 6.08 Å². The Morgan fingerprint density at radius 3 is 2.21 bits per heavy atom. The third kappa shape index (κ3) is 5.15. The molecule has 13 nitrogen and oxygen atoms in total. The first-order chi connectivity index (χ1) is 15.9. The minimum Gasteiger partial charge on any atom is -0.480 e. The fourth-order valence-corrected chi connectivity index (χ4v) is 3.27. The number of nitrogens with one attached hydrogen (secondary N) is 1. The van der Waals surface area contributed by atoms with E-state index < -0.39 is 53.9 Å². The number of nitrogens with two attached hydrogens (primary N) is 1. The average Bonchev–Trinajstić information content (AvgIpc) is 2.73. The molecule has 34 heavy (non-hydrogen) atoms. The summed E-state index contributed by atoms with van der Waals surface area (Å²) in [4.78, 5) is 82.7. The minimum atomic E-state index is -1.45. The number of carboxylic acid groups (broad SMARTS) is 2. The molecular weight excluding hydrogens is 452 g/mol. The van der Waals surface area contributed by atoms with E-state index in [0.29, 0.717) is 4.90 Å². The lowest BCUT2D eigenvalue weighted by molar-refractivity contribution is -0.150. The molecule has 1 aromatic rings. The van der Waals surface area contributed by atoms with Gasteiger partial charge in [-0.3, -0.25) is 38.5 Å². The second-order valence-electron chi connectivity index (χ2n) is 7.07. The monoisotopic (exact) mass is 472 g/mol. The lowest BCUT2D eigenvalue weighted by Gasteiger charge is -2.27. The molecule has 1 aliphatic rings. The maximum absolute atomic E-state index is 12.7. The summed E-state index contributed by atoms with van der Waals surface area (Å²) < 4.78 is 0.790. The Balaban J connectivity index is 2.61. The Morgan fingerprint density at radius 2 is 1.68 bits per heavy atom. The fraction of sp³-hybridized carbons (Fsp3) is 0.190. The van der Waals surface area contributed by atoms with E-state index in [9.17, 15) is 33.6 Å². The number of carboxylic acids is 2. The van der Waals surface area contributed by atoms with Crippen LogP contribution < -0.4 is 16.6 Å². The van der Waals surface area contributed by atoms with E-state index in [4.69, 9.17) is 15.9 Å². The van der Waals surface area contributed by atoms with E-state index in [1.54, 1.807) is 0 Å². The predicted octanol–water partition coefficient (Wildman–Crippen LogP) is -1.25. The van der Waals surface area contributed by atoms with Crippen molar-refractivity contribution in [3.05, 3.63) is 62.2 Å². The Bertz CT molecular complexity index is 1270. The van der Waals surface area contributed by atoms with Crippen LogP contribution >= 0.6 is 0 Å². The first-order valence-electron chi connectivity index (χ1n) is 9.54. The molecule has 0 aliphatic carbocycles. The van der Waals surface area contributed by atoms with E-state index in [0.717, 1.165) is 4.57 Å². The molecule has 0 bridgehead atoms. The predicted molar refractivity (Wildman–Crippen MR) is 115 cm³/mol. The zero-order chi connectivity index (χ0) is 25.7. The van der Waals surface area contributed by atoms with E-state index in [1.165, 1.54) is 38.3 Å². The van der Waals surface area contributed by atoms with Crippen LogP contribution in [-0.2, 0) is 30.5 Å². The second kappa shape index (κ2) is 10.2. The van der Waals surface area contributed by atoms with E-state index >= 15 is 0 Å². The molecule has 0 radical (unpaired) electrons. The molecule has 0 spiro atoms. The minimum absolute atomic E-state index is 0.0822. The Morgan fingerprint density at radius 1 is 1.06 bits per heavy atom. The number of amides is 4. The standard InChI is InChI=1S/C21H20N4O9/c1-10-12(6-24(7-14(27)28)20(33)16(10)18(22)31)4-3-5-13-11(2)17(23-9-26)21(34)25(19(13)32)8-15(29)30/h3-6,9H,7-8H2,1-2H3,(H2,22,31)(H,23,26)(H,27,28)(H,29,30)/b4-3+,13-5-. The summed E-state index contributed by atoms with van der Waals surface area (Å²) in [5.74, 6) is -5.73. The number of pyridine rings is 1. The van der Waals surface area contributed by atoms with Gasteiger partial charge in [-0.2, -0.15) is 0 Å².